The van der Waals surface area contributed by atoms with E-state index < -0.39 is 6.04 Å². The lowest BCUT2D eigenvalue weighted by Crippen LogP contribution is -2.43. The average molecular weight is 288 g/mol. The Morgan fingerprint density at radius 3 is 2.57 bits per heavy atom. The van der Waals surface area contributed by atoms with Crippen molar-refractivity contribution < 1.29 is 9.59 Å². The molecule has 3 atom stereocenters. The van der Waals surface area contributed by atoms with E-state index in [1.54, 1.807) is 0 Å². The number of rotatable bonds is 5. The number of benzene rings is 1. The zero-order valence-corrected chi connectivity index (χ0v) is 13.2. The van der Waals surface area contributed by atoms with Crippen LogP contribution in [-0.2, 0) is 9.59 Å². The lowest BCUT2D eigenvalue weighted by atomic mass is 10.0. The molecule has 1 fully saturated rings. The van der Waals surface area contributed by atoms with Crippen LogP contribution in [0.15, 0.2) is 24.3 Å². The van der Waals surface area contributed by atoms with Crippen molar-refractivity contribution in [3.63, 3.8) is 0 Å². The van der Waals surface area contributed by atoms with Gasteiger partial charge in [0, 0.05) is 12.1 Å². The predicted molar refractivity (Wildman–Crippen MR) is 82.7 cm³/mol. The number of carbonyl (C=O) groups excluding carboxylic acids is 2. The first kappa shape index (κ1) is 15.7. The molecule has 1 N–H and O–H groups in total. The molecule has 0 radical (unpaired) electrons. The molecule has 1 aliphatic heterocycles. The zero-order valence-electron chi connectivity index (χ0n) is 13.2. The van der Waals surface area contributed by atoms with Gasteiger partial charge in [-0.25, -0.2) is 0 Å². The van der Waals surface area contributed by atoms with Crippen LogP contribution in [0.1, 0.15) is 50.8 Å². The molecule has 0 bridgehead atoms. The maximum absolute atomic E-state index is 12.4. The molecule has 1 aromatic carbocycles. The van der Waals surface area contributed by atoms with Crippen molar-refractivity contribution in [1.29, 1.82) is 0 Å². The van der Waals surface area contributed by atoms with Gasteiger partial charge in [0.15, 0.2) is 0 Å². The summed E-state index contributed by atoms with van der Waals surface area (Å²) in [5.74, 6) is -0.154. The van der Waals surface area contributed by atoms with Crippen LogP contribution in [0.4, 0.5) is 0 Å². The van der Waals surface area contributed by atoms with Gasteiger partial charge in [-0.15, -0.1) is 0 Å². The van der Waals surface area contributed by atoms with Gasteiger partial charge in [-0.2, -0.15) is 0 Å². The first-order valence-corrected chi connectivity index (χ1v) is 7.63. The summed E-state index contributed by atoms with van der Waals surface area (Å²) in [7, 11) is 0. The number of hydrogen-bond acceptors (Lipinski definition) is 3. The molecule has 114 valence electrons. The highest BCUT2D eigenvalue weighted by molar-refractivity contribution is 6.05. The van der Waals surface area contributed by atoms with Gasteiger partial charge in [0.1, 0.15) is 0 Å². The summed E-state index contributed by atoms with van der Waals surface area (Å²) in [4.78, 5) is 25.9. The molecular weight excluding hydrogens is 264 g/mol. The van der Waals surface area contributed by atoms with E-state index in [-0.39, 0.29) is 30.3 Å². The molecule has 1 heterocycles. The monoisotopic (exact) mass is 288 g/mol. The van der Waals surface area contributed by atoms with Gasteiger partial charge in [0.05, 0.1) is 12.5 Å². The predicted octanol–water partition coefficient (Wildman–Crippen LogP) is 2.57. The van der Waals surface area contributed by atoms with Crippen molar-refractivity contribution in [2.24, 2.45) is 0 Å². The summed E-state index contributed by atoms with van der Waals surface area (Å²) < 4.78 is 0. The van der Waals surface area contributed by atoms with E-state index in [2.05, 4.69) is 24.4 Å². The second kappa shape index (κ2) is 6.39. The lowest BCUT2D eigenvalue weighted by molar-refractivity contribution is -0.141. The molecular formula is C17H24N2O2. The molecule has 4 nitrogen and oxygen atoms in total. The quantitative estimate of drug-likeness (QED) is 0.847. The van der Waals surface area contributed by atoms with Gasteiger partial charge in [-0.1, -0.05) is 31.2 Å². The molecule has 0 spiro atoms. The van der Waals surface area contributed by atoms with E-state index in [4.69, 9.17) is 0 Å². The maximum Gasteiger partial charge on any atom is 0.247 e. The Kier molecular flexibility index (Phi) is 4.78. The maximum atomic E-state index is 12.4. The van der Waals surface area contributed by atoms with Crippen molar-refractivity contribution in [2.45, 2.75) is 58.7 Å². The van der Waals surface area contributed by atoms with Crippen molar-refractivity contribution in [3.8, 4) is 0 Å². The minimum atomic E-state index is -0.402. The van der Waals surface area contributed by atoms with Crippen LogP contribution in [0, 0.1) is 6.92 Å². The fourth-order valence-electron chi connectivity index (χ4n) is 2.89. The Bertz CT molecular complexity index is 541. The van der Waals surface area contributed by atoms with Gasteiger partial charge >= 0.3 is 0 Å². The number of likely N-dealkylation sites (tertiary alicyclic amines) is 1. The molecule has 0 saturated carbocycles. The minimum absolute atomic E-state index is 0.0226. The van der Waals surface area contributed by atoms with Gasteiger partial charge in [0.2, 0.25) is 11.8 Å². The Hall–Kier alpha value is -1.68. The average Bonchev–Trinajstić information content (AvgIpc) is 2.73. The molecule has 4 heteroatoms. The molecule has 0 aromatic heterocycles. The highest BCUT2D eigenvalue weighted by Gasteiger charge is 2.40. The van der Waals surface area contributed by atoms with E-state index in [9.17, 15) is 9.59 Å². The van der Waals surface area contributed by atoms with Crippen LogP contribution in [0.3, 0.4) is 0 Å². The van der Waals surface area contributed by atoms with Crippen LogP contribution >= 0.6 is 0 Å². The Labute approximate surface area is 126 Å². The van der Waals surface area contributed by atoms with Crippen LogP contribution in [0.5, 0.6) is 0 Å². The molecule has 1 aromatic rings. The van der Waals surface area contributed by atoms with E-state index in [0.29, 0.717) is 0 Å². The fraction of sp³-hybridized carbons (Fsp3) is 0.529. The van der Waals surface area contributed by atoms with Crippen LogP contribution in [0.25, 0.3) is 0 Å². The summed E-state index contributed by atoms with van der Waals surface area (Å²) in [6.07, 6.45) is 1.05. The number of amides is 2. The Morgan fingerprint density at radius 1 is 1.29 bits per heavy atom. The number of nitrogens with zero attached hydrogens (tertiary/aromatic N) is 1. The summed E-state index contributed by atoms with van der Waals surface area (Å²) >= 11 is 0. The van der Waals surface area contributed by atoms with E-state index in [0.717, 1.165) is 6.42 Å². The second-order valence-electron chi connectivity index (χ2n) is 5.86. The van der Waals surface area contributed by atoms with E-state index in [1.807, 2.05) is 32.9 Å². The zero-order chi connectivity index (χ0) is 15.6. The summed E-state index contributed by atoms with van der Waals surface area (Å²) in [6.45, 7) is 8.00. The van der Waals surface area contributed by atoms with Crippen LogP contribution in [0.2, 0.25) is 0 Å². The van der Waals surface area contributed by atoms with Crippen molar-refractivity contribution in [3.05, 3.63) is 35.4 Å². The molecule has 2 rings (SSSR count). The van der Waals surface area contributed by atoms with Gasteiger partial charge in [-0.3, -0.25) is 19.8 Å². The number of aryl methyl sites for hydroxylation is 1. The third-order valence-corrected chi connectivity index (χ3v) is 4.32. The fourth-order valence-corrected chi connectivity index (χ4v) is 2.89. The van der Waals surface area contributed by atoms with E-state index in [1.165, 1.54) is 16.0 Å². The first-order chi connectivity index (χ1) is 9.95. The minimum Gasteiger partial charge on any atom is -0.299 e. The Morgan fingerprint density at radius 2 is 1.95 bits per heavy atom. The standard InChI is InChI=1S/C17H24N2O2/c1-5-12(3)19-16(20)10-15(17(19)21)18-13(4)14-9-7-6-8-11(14)2/h6-9,12-13,15,18H,5,10H2,1-4H3. The normalized spacial score (nSPS) is 21.7. The van der Waals surface area contributed by atoms with Crippen molar-refractivity contribution >= 4 is 11.8 Å². The number of nitrogens with one attached hydrogen (secondary N) is 1. The second-order valence-corrected chi connectivity index (χ2v) is 5.86. The van der Waals surface area contributed by atoms with E-state index >= 15 is 0 Å². The third-order valence-electron chi connectivity index (χ3n) is 4.32. The number of hydrogen-bond donors (Lipinski definition) is 1. The Balaban J connectivity index is 2.09. The van der Waals surface area contributed by atoms with Crippen LogP contribution in [-0.4, -0.2) is 28.8 Å². The summed E-state index contributed by atoms with van der Waals surface area (Å²) in [5, 5.41) is 3.31. The SMILES string of the molecule is CCC(C)N1C(=O)CC(NC(C)c2ccccc2C)C1=O. The molecule has 1 saturated heterocycles. The molecule has 21 heavy (non-hydrogen) atoms. The molecule has 0 aliphatic carbocycles. The number of carbonyl (C=O) groups is 2. The molecule has 2 amide bonds. The highest BCUT2D eigenvalue weighted by Crippen LogP contribution is 2.22. The molecule has 3 unspecified atom stereocenters. The van der Waals surface area contributed by atoms with Gasteiger partial charge in [0.25, 0.3) is 0 Å². The third kappa shape index (κ3) is 3.16. The molecule has 1 aliphatic rings. The number of imide groups is 1. The topological polar surface area (TPSA) is 49.4 Å². The largest absolute Gasteiger partial charge is 0.299 e. The summed E-state index contributed by atoms with van der Waals surface area (Å²) in [6, 6.07) is 7.73. The van der Waals surface area contributed by atoms with Crippen LogP contribution < -0.4 is 5.32 Å². The lowest BCUT2D eigenvalue weighted by Gasteiger charge is -2.23. The smallest absolute Gasteiger partial charge is 0.247 e. The first-order valence-electron chi connectivity index (χ1n) is 7.63. The summed E-state index contributed by atoms with van der Waals surface area (Å²) in [5.41, 5.74) is 2.35. The highest BCUT2D eigenvalue weighted by atomic mass is 16.2. The van der Waals surface area contributed by atoms with Gasteiger partial charge in [-0.05, 0) is 38.3 Å². The van der Waals surface area contributed by atoms with Gasteiger partial charge < -0.3 is 0 Å². The van der Waals surface area contributed by atoms with Crippen molar-refractivity contribution in [2.75, 3.05) is 0 Å². The van der Waals surface area contributed by atoms with Crippen molar-refractivity contribution in [1.82, 2.24) is 10.2 Å².